The third kappa shape index (κ3) is 8.08. The minimum Gasteiger partial charge on any atom is -0.360 e. The van der Waals surface area contributed by atoms with Gasteiger partial charge in [-0.15, -0.1) is 0 Å². The first-order valence-corrected chi connectivity index (χ1v) is 8.73. The number of nitrogens with one attached hydrogen (secondary N) is 1. The molecule has 0 aromatic heterocycles. The van der Waals surface area contributed by atoms with Crippen LogP contribution in [0.1, 0.15) is 0 Å². The van der Waals surface area contributed by atoms with E-state index in [2.05, 4.69) is 5.32 Å². The molecule has 92 valence electrons. The Morgan fingerprint density at radius 2 is 1.13 bits per heavy atom. The highest BCUT2D eigenvalue weighted by molar-refractivity contribution is 6.38. The molecule has 0 aromatic carbocycles. The Balaban J connectivity index is 3.30. The van der Waals surface area contributed by atoms with Gasteiger partial charge in [-0.1, -0.05) is 0 Å². The van der Waals surface area contributed by atoms with Crippen molar-refractivity contribution < 1.29 is 18.9 Å². The van der Waals surface area contributed by atoms with Crippen LogP contribution in [-0.4, -0.2) is 71.6 Å². The minimum atomic E-state index is -0.347. The largest absolute Gasteiger partial charge is 0.360 e. The summed E-state index contributed by atoms with van der Waals surface area (Å²) in [4.78, 5) is 0. The predicted molar refractivity (Wildman–Crippen MR) is 65.6 cm³/mol. The molecule has 0 aliphatic rings. The van der Waals surface area contributed by atoms with Crippen molar-refractivity contribution in [3.05, 3.63) is 0 Å². The number of hydrogen-bond donors (Lipinski definition) is 1. The molecule has 7 heteroatoms. The molecule has 0 aliphatic heterocycles. The maximum absolute atomic E-state index is 5.13. The minimum absolute atomic E-state index is 0.0276. The summed E-state index contributed by atoms with van der Waals surface area (Å²) in [5.41, 5.74) is 0. The summed E-state index contributed by atoms with van der Waals surface area (Å²) in [6, 6.07) is 0. The van der Waals surface area contributed by atoms with Crippen LogP contribution < -0.4 is 5.32 Å². The number of hydrogen-bond acceptors (Lipinski definition) is 5. The molecule has 0 aliphatic carbocycles. The van der Waals surface area contributed by atoms with Crippen LogP contribution in [0, 0.1) is 0 Å². The third-order valence-electron chi connectivity index (χ3n) is 2.17. The Hall–Kier alpha value is 0.234. The zero-order valence-electron chi connectivity index (χ0n) is 10.1. The standard InChI is InChI=1S/C8H23NO4Si2/c1-10-7(11-2)14-5-9-6-15-8(12-3)13-4/h7-9H,5-6,14-15H2,1-4H3. The van der Waals surface area contributed by atoms with Gasteiger partial charge in [0.1, 0.15) is 30.9 Å². The lowest BCUT2D eigenvalue weighted by atomic mass is 11.2. The lowest BCUT2D eigenvalue weighted by Crippen LogP contribution is -2.36. The molecule has 0 fully saturated rings. The molecule has 0 radical (unpaired) electrons. The summed E-state index contributed by atoms with van der Waals surface area (Å²) >= 11 is 0. The van der Waals surface area contributed by atoms with Gasteiger partial charge in [0, 0.05) is 28.4 Å². The second kappa shape index (κ2) is 10.7. The van der Waals surface area contributed by atoms with Crippen molar-refractivity contribution in [3.8, 4) is 0 Å². The molecule has 0 saturated carbocycles. The van der Waals surface area contributed by atoms with E-state index in [1.54, 1.807) is 28.4 Å². The average Bonchev–Trinajstić information content (AvgIpc) is 2.29. The van der Waals surface area contributed by atoms with Gasteiger partial charge >= 0.3 is 0 Å². The fraction of sp³-hybridized carbons (Fsp3) is 1.00. The van der Waals surface area contributed by atoms with Gasteiger partial charge in [0.15, 0.2) is 0 Å². The molecular weight excluding hydrogens is 230 g/mol. The van der Waals surface area contributed by atoms with Crippen LogP contribution in [0.5, 0.6) is 0 Å². The van der Waals surface area contributed by atoms with E-state index in [0.717, 1.165) is 12.3 Å². The summed E-state index contributed by atoms with van der Waals surface area (Å²) in [5, 5.41) is 3.39. The van der Waals surface area contributed by atoms with Gasteiger partial charge in [0.05, 0.1) is 0 Å². The topological polar surface area (TPSA) is 49.0 Å². The van der Waals surface area contributed by atoms with Crippen LogP contribution in [0.3, 0.4) is 0 Å². The first-order chi connectivity index (χ1) is 7.28. The van der Waals surface area contributed by atoms with E-state index in [1.165, 1.54) is 0 Å². The second-order valence-electron chi connectivity index (χ2n) is 3.13. The van der Waals surface area contributed by atoms with E-state index in [1.807, 2.05) is 0 Å². The zero-order chi connectivity index (χ0) is 11.5. The van der Waals surface area contributed by atoms with Crippen molar-refractivity contribution in [1.29, 1.82) is 0 Å². The highest BCUT2D eigenvalue weighted by Crippen LogP contribution is 1.87. The van der Waals surface area contributed by atoms with Crippen molar-refractivity contribution in [2.45, 2.75) is 11.8 Å². The van der Waals surface area contributed by atoms with Crippen LogP contribution in [0.2, 0.25) is 0 Å². The van der Waals surface area contributed by atoms with E-state index in [-0.39, 0.29) is 30.9 Å². The van der Waals surface area contributed by atoms with E-state index >= 15 is 0 Å². The zero-order valence-corrected chi connectivity index (χ0v) is 12.9. The smallest absolute Gasteiger partial charge is 0.135 e. The fourth-order valence-corrected chi connectivity index (χ4v) is 4.05. The monoisotopic (exact) mass is 253 g/mol. The van der Waals surface area contributed by atoms with Crippen LogP contribution in [0.15, 0.2) is 0 Å². The number of ether oxygens (including phenoxy) is 4. The number of methoxy groups -OCH3 is 4. The molecule has 1 N–H and O–H groups in total. The van der Waals surface area contributed by atoms with E-state index in [0.29, 0.717) is 0 Å². The SMILES string of the molecule is COC(OC)[SiH2]CNC[SiH2]C(OC)OC. The Morgan fingerprint density at radius 3 is 1.40 bits per heavy atom. The van der Waals surface area contributed by atoms with Crippen LogP contribution >= 0.6 is 0 Å². The molecule has 0 spiro atoms. The molecule has 0 unspecified atom stereocenters. The lowest BCUT2D eigenvalue weighted by molar-refractivity contribution is -0.0446. The van der Waals surface area contributed by atoms with E-state index < -0.39 is 0 Å². The molecule has 0 amide bonds. The molecule has 15 heavy (non-hydrogen) atoms. The molecule has 0 atom stereocenters. The van der Waals surface area contributed by atoms with E-state index in [9.17, 15) is 0 Å². The summed E-state index contributed by atoms with van der Waals surface area (Å²) in [6.45, 7) is 0. The summed E-state index contributed by atoms with van der Waals surface area (Å²) in [5.74, 6) is 0.0552. The molecule has 0 heterocycles. The van der Waals surface area contributed by atoms with Crippen LogP contribution in [0.25, 0.3) is 0 Å². The molecule has 0 saturated heterocycles. The Kier molecular flexibility index (Phi) is 10.9. The third-order valence-corrected chi connectivity index (χ3v) is 5.73. The van der Waals surface area contributed by atoms with Gasteiger partial charge in [-0.25, -0.2) is 0 Å². The van der Waals surface area contributed by atoms with Crippen LogP contribution in [0.4, 0.5) is 0 Å². The van der Waals surface area contributed by atoms with Crippen LogP contribution in [-0.2, 0) is 18.9 Å². The quantitative estimate of drug-likeness (QED) is 0.277. The first kappa shape index (κ1) is 15.2. The first-order valence-electron chi connectivity index (χ1n) is 5.10. The normalized spacial score (nSPS) is 13.2. The van der Waals surface area contributed by atoms with Gasteiger partial charge in [0.25, 0.3) is 0 Å². The maximum atomic E-state index is 5.13. The Bertz CT molecular complexity index is 120. The van der Waals surface area contributed by atoms with Gasteiger partial charge in [0.2, 0.25) is 0 Å². The summed E-state index contributed by atoms with van der Waals surface area (Å²) in [7, 11) is 6.03. The highest BCUT2D eigenvalue weighted by Gasteiger charge is 2.07. The predicted octanol–water partition coefficient (Wildman–Crippen LogP) is -2.02. The number of rotatable bonds is 10. The molecule has 0 bridgehead atoms. The molecule has 0 aromatic rings. The van der Waals surface area contributed by atoms with Gasteiger partial charge in [-0.3, -0.25) is 0 Å². The van der Waals surface area contributed by atoms with Gasteiger partial charge in [-0.05, 0) is 12.3 Å². The molecule has 5 nitrogen and oxygen atoms in total. The van der Waals surface area contributed by atoms with Crippen molar-refractivity contribution in [3.63, 3.8) is 0 Å². The van der Waals surface area contributed by atoms with E-state index in [4.69, 9.17) is 18.9 Å². The van der Waals surface area contributed by atoms with Crippen molar-refractivity contribution in [1.82, 2.24) is 5.32 Å². The van der Waals surface area contributed by atoms with Crippen molar-refractivity contribution in [2.24, 2.45) is 0 Å². The fourth-order valence-electron chi connectivity index (χ4n) is 1.23. The Morgan fingerprint density at radius 1 is 0.800 bits per heavy atom. The Labute approximate surface area is 96.4 Å². The molecule has 0 rings (SSSR count). The molecular formula is C8H23NO4Si2. The van der Waals surface area contributed by atoms with Gasteiger partial charge < -0.3 is 24.3 Å². The lowest BCUT2D eigenvalue weighted by Gasteiger charge is -2.15. The van der Waals surface area contributed by atoms with Gasteiger partial charge in [-0.2, -0.15) is 0 Å². The van der Waals surface area contributed by atoms with Crippen molar-refractivity contribution in [2.75, 3.05) is 40.8 Å². The second-order valence-corrected chi connectivity index (χ2v) is 6.62. The summed E-state index contributed by atoms with van der Waals surface area (Å²) < 4.78 is 20.5. The summed E-state index contributed by atoms with van der Waals surface area (Å²) in [6.07, 6.45) is 2.05. The van der Waals surface area contributed by atoms with Crippen molar-refractivity contribution >= 4 is 19.0 Å². The average molecular weight is 253 g/mol. The highest BCUT2D eigenvalue weighted by atomic mass is 28.2. The maximum Gasteiger partial charge on any atom is 0.135 e.